The van der Waals surface area contributed by atoms with Gasteiger partial charge in [0.2, 0.25) is 0 Å². The van der Waals surface area contributed by atoms with Crippen LogP contribution in [0.2, 0.25) is 0 Å². The van der Waals surface area contributed by atoms with Gasteiger partial charge in [-0.05, 0) is 0 Å². The molecular weight excluding hydrogens is 583 g/mol. The fraction of sp³-hybridized carbons (Fsp3) is 0.464. The van der Waals surface area contributed by atoms with Gasteiger partial charge in [-0.1, -0.05) is 0 Å². The first kappa shape index (κ1) is 26.1. The number of aliphatic imine (C=N–C) groups is 1. The van der Waals surface area contributed by atoms with E-state index in [0.717, 1.165) is 84.0 Å². The first-order chi connectivity index (χ1) is 18.1. The van der Waals surface area contributed by atoms with E-state index in [4.69, 9.17) is 19.2 Å². The van der Waals surface area contributed by atoms with E-state index < -0.39 is 0 Å². The summed E-state index contributed by atoms with van der Waals surface area (Å²) in [5.41, 5.74) is 7.40. The number of halogens is 1. The summed E-state index contributed by atoms with van der Waals surface area (Å²) in [6, 6.07) is 8.23. The van der Waals surface area contributed by atoms with Crippen molar-refractivity contribution in [3.8, 4) is 0 Å². The van der Waals surface area contributed by atoms with Gasteiger partial charge < -0.3 is 0 Å². The Hall–Kier alpha value is -2.50. The van der Waals surface area contributed by atoms with Crippen molar-refractivity contribution in [2.45, 2.75) is 31.8 Å². The number of rotatable bonds is 6. The number of anilines is 2. The standard InChI is InChI=1S/C28H34IN4O4/c1-35-18-19-11-23(16-30-15-19)33-8-5-21-13-29-14-27(32-26(21)17-33)31-22-3-4-24(20-6-9-37-10-7-20)25(12-22)28(34)36-2/h3-4,11-12,15-16,20H,5-10,13-14,17-18H2,1-2H3,(H,31,32)/q-1. The SMILES string of the molecule is COCc1cncc(N2CCC3=C(C2)N=C(Nc2ccc(C4CCOCC4)c(C(=O)OC)c2)C[I-]C3)c1. The van der Waals surface area contributed by atoms with Gasteiger partial charge in [0, 0.05) is 0 Å². The molecule has 0 saturated carbocycles. The number of nitrogens with one attached hydrogen (secondary N) is 1. The monoisotopic (exact) mass is 617 g/mol. The molecule has 2 aromatic rings. The second-order valence-electron chi connectivity index (χ2n) is 9.53. The van der Waals surface area contributed by atoms with Crippen molar-refractivity contribution in [2.24, 2.45) is 4.99 Å². The second kappa shape index (κ2) is 12.4. The van der Waals surface area contributed by atoms with Crippen LogP contribution in [0.5, 0.6) is 0 Å². The van der Waals surface area contributed by atoms with Gasteiger partial charge in [0.05, 0.1) is 0 Å². The molecule has 8 nitrogen and oxygen atoms in total. The molecule has 0 amide bonds. The maximum absolute atomic E-state index is 12.7. The van der Waals surface area contributed by atoms with Crippen LogP contribution in [0.25, 0.3) is 0 Å². The van der Waals surface area contributed by atoms with Crippen molar-refractivity contribution in [3.05, 3.63) is 64.6 Å². The number of hydrogen-bond acceptors (Lipinski definition) is 8. The Morgan fingerprint density at radius 3 is 2.86 bits per heavy atom. The second-order valence-corrected chi connectivity index (χ2v) is 12.1. The fourth-order valence-electron chi connectivity index (χ4n) is 5.11. The fourth-order valence-corrected chi connectivity index (χ4v) is 7.73. The van der Waals surface area contributed by atoms with Crippen LogP contribution in [0.1, 0.15) is 46.7 Å². The van der Waals surface area contributed by atoms with E-state index in [0.29, 0.717) is 18.1 Å². The number of methoxy groups -OCH3 is 2. The molecule has 0 radical (unpaired) electrons. The zero-order valence-electron chi connectivity index (χ0n) is 21.5. The molecular formula is C28H34IN4O4-. The number of amidine groups is 1. The predicted octanol–water partition coefficient (Wildman–Crippen LogP) is 0.986. The number of benzene rings is 1. The molecule has 0 atom stereocenters. The van der Waals surface area contributed by atoms with Crippen LogP contribution >= 0.6 is 0 Å². The summed E-state index contributed by atoms with van der Waals surface area (Å²) >= 11 is -0.0227. The van der Waals surface area contributed by atoms with E-state index in [9.17, 15) is 4.79 Å². The number of aromatic nitrogens is 1. The minimum absolute atomic E-state index is 0.0227. The molecule has 37 heavy (non-hydrogen) atoms. The van der Waals surface area contributed by atoms with Crippen molar-refractivity contribution in [1.82, 2.24) is 4.98 Å². The van der Waals surface area contributed by atoms with E-state index in [-0.39, 0.29) is 27.2 Å². The van der Waals surface area contributed by atoms with Gasteiger partial charge in [0.15, 0.2) is 0 Å². The number of alkyl halides is 2. The van der Waals surface area contributed by atoms with Crippen molar-refractivity contribution < 1.29 is 40.2 Å². The Balaban J connectivity index is 1.35. The molecule has 3 aliphatic heterocycles. The van der Waals surface area contributed by atoms with Crippen LogP contribution < -0.4 is 31.4 Å². The molecule has 1 saturated heterocycles. The first-order valence-electron chi connectivity index (χ1n) is 12.7. The summed E-state index contributed by atoms with van der Waals surface area (Å²) in [5, 5.41) is 3.55. The molecule has 1 fully saturated rings. The Morgan fingerprint density at radius 2 is 2.05 bits per heavy atom. The number of ether oxygens (including phenoxy) is 3. The van der Waals surface area contributed by atoms with Gasteiger partial charge >= 0.3 is 229 Å². The summed E-state index contributed by atoms with van der Waals surface area (Å²) in [6.07, 6.45) is 6.66. The molecule has 1 aromatic carbocycles. The molecule has 5 rings (SSSR count). The third-order valence-electron chi connectivity index (χ3n) is 7.04. The first-order valence-corrected chi connectivity index (χ1v) is 15.8. The Kier molecular flexibility index (Phi) is 8.73. The van der Waals surface area contributed by atoms with Crippen LogP contribution in [-0.2, 0) is 20.8 Å². The molecule has 4 heterocycles. The number of hydrogen-bond donors (Lipinski definition) is 1. The van der Waals surface area contributed by atoms with Gasteiger partial charge in [0.1, 0.15) is 0 Å². The van der Waals surface area contributed by atoms with Gasteiger partial charge in [-0.2, -0.15) is 0 Å². The Morgan fingerprint density at radius 1 is 1.19 bits per heavy atom. The van der Waals surface area contributed by atoms with Gasteiger partial charge in [-0.3, -0.25) is 0 Å². The molecule has 3 aliphatic rings. The Labute approximate surface area is 228 Å². The van der Waals surface area contributed by atoms with Crippen molar-refractivity contribution in [1.29, 1.82) is 0 Å². The van der Waals surface area contributed by atoms with Gasteiger partial charge in [-0.15, -0.1) is 0 Å². The molecule has 1 aromatic heterocycles. The topological polar surface area (TPSA) is 85.3 Å². The maximum atomic E-state index is 12.7. The molecule has 0 spiro atoms. The summed E-state index contributed by atoms with van der Waals surface area (Å²) in [6.45, 7) is 3.77. The number of pyridine rings is 1. The van der Waals surface area contributed by atoms with Crippen molar-refractivity contribution in [2.75, 3.05) is 59.6 Å². The Bertz CT molecular complexity index is 1190. The number of carbonyl (C=O) groups excluding carboxylic acids is 1. The molecule has 0 aliphatic carbocycles. The molecule has 198 valence electrons. The summed E-state index contributed by atoms with van der Waals surface area (Å²) < 4.78 is 18.1. The molecule has 9 heteroatoms. The summed E-state index contributed by atoms with van der Waals surface area (Å²) in [7, 11) is 3.15. The van der Waals surface area contributed by atoms with Crippen LogP contribution in [0.15, 0.2) is 52.9 Å². The van der Waals surface area contributed by atoms with E-state index in [2.05, 4.69) is 33.4 Å². The van der Waals surface area contributed by atoms with Crippen LogP contribution in [0.4, 0.5) is 11.4 Å². The van der Waals surface area contributed by atoms with Crippen LogP contribution in [0, 0.1) is 0 Å². The third kappa shape index (κ3) is 6.32. The number of nitrogens with zero attached hydrogens (tertiary/aromatic N) is 3. The van der Waals surface area contributed by atoms with E-state index in [1.165, 1.54) is 17.1 Å². The van der Waals surface area contributed by atoms with Gasteiger partial charge in [0.25, 0.3) is 0 Å². The number of carbonyl (C=O) groups is 1. The molecule has 0 unspecified atom stereocenters. The van der Waals surface area contributed by atoms with E-state index >= 15 is 0 Å². The normalized spacial score (nSPS) is 18.9. The molecule has 1 N–H and O–H groups in total. The zero-order chi connectivity index (χ0) is 25.6. The molecule has 0 bridgehead atoms. The quantitative estimate of drug-likeness (QED) is 0.294. The number of esters is 1. The summed E-state index contributed by atoms with van der Waals surface area (Å²) in [4.78, 5) is 24.6. The van der Waals surface area contributed by atoms with Crippen LogP contribution in [-0.4, -0.2) is 66.2 Å². The van der Waals surface area contributed by atoms with Gasteiger partial charge in [-0.25, -0.2) is 0 Å². The summed E-state index contributed by atoms with van der Waals surface area (Å²) in [5.74, 6) is 1.01. The van der Waals surface area contributed by atoms with E-state index in [1.54, 1.807) is 7.11 Å². The van der Waals surface area contributed by atoms with Crippen molar-refractivity contribution in [3.63, 3.8) is 0 Å². The third-order valence-corrected chi connectivity index (χ3v) is 9.77. The zero-order valence-corrected chi connectivity index (χ0v) is 23.6. The van der Waals surface area contributed by atoms with Crippen LogP contribution in [0.3, 0.4) is 0 Å². The average molecular weight is 618 g/mol. The van der Waals surface area contributed by atoms with E-state index in [1.807, 2.05) is 18.5 Å². The average Bonchev–Trinajstić information content (AvgIpc) is 3.14. The van der Waals surface area contributed by atoms with Crippen molar-refractivity contribution >= 4 is 23.2 Å². The minimum atomic E-state index is -0.294. The predicted molar refractivity (Wildman–Crippen MR) is 140 cm³/mol.